The lowest BCUT2D eigenvalue weighted by Crippen LogP contribution is -2.47. The van der Waals surface area contributed by atoms with E-state index in [0.717, 1.165) is 23.8 Å². The zero-order chi connectivity index (χ0) is 24.9. The lowest BCUT2D eigenvalue weighted by Gasteiger charge is -2.19. The minimum atomic E-state index is -4.09. The predicted octanol–water partition coefficient (Wildman–Crippen LogP) is 1.64. The number of amides is 1. The number of rotatable bonds is 10. The highest BCUT2D eigenvalue weighted by atomic mass is 32.2. The normalized spacial score (nSPS) is 15.2. The van der Waals surface area contributed by atoms with E-state index >= 15 is 0 Å². The smallest absolute Gasteiger partial charge is 0.330 e. The largest absolute Gasteiger partial charge is 0.354 e. The van der Waals surface area contributed by atoms with Gasteiger partial charge >= 0.3 is 5.69 Å². The van der Waals surface area contributed by atoms with Gasteiger partial charge in [-0.25, -0.2) is 13.2 Å². The van der Waals surface area contributed by atoms with Crippen LogP contribution in [0.25, 0.3) is 10.9 Å². The van der Waals surface area contributed by atoms with Crippen molar-refractivity contribution >= 4 is 38.6 Å². The molecule has 1 aromatic heterocycles. The van der Waals surface area contributed by atoms with Crippen molar-refractivity contribution in [1.29, 1.82) is 0 Å². The molecule has 1 heterocycles. The first kappa shape index (κ1) is 26.2. The second-order valence-electron chi connectivity index (χ2n) is 8.49. The molecule has 34 heavy (non-hydrogen) atoms. The third-order valence-corrected chi connectivity index (χ3v) is 8.22. The summed E-state index contributed by atoms with van der Waals surface area (Å²) in [6.07, 6.45) is 9.70. The fraction of sp³-hybridized carbons (Fsp3) is 0.522. The molecule has 0 aliphatic heterocycles. The van der Waals surface area contributed by atoms with Crippen molar-refractivity contribution in [2.75, 3.05) is 18.6 Å². The Bertz CT molecular complexity index is 1310. The first-order valence-corrected chi connectivity index (χ1v) is 14.2. The Morgan fingerprint density at radius 3 is 2.62 bits per heavy atom. The van der Waals surface area contributed by atoms with Gasteiger partial charge in [-0.05, 0) is 68.7 Å². The second-order valence-corrected chi connectivity index (χ2v) is 11.2. The van der Waals surface area contributed by atoms with Crippen LogP contribution in [0.15, 0.2) is 44.3 Å². The fourth-order valence-corrected chi connectivity index (χ4v) is 5.80. The van der Waals surface area contributed by atoms with E-state index in [1.54, 1.807) is 0 Å². The predicted molar refractivity (Wildman–Crippen MR) is 136 cm³/mol. The number of sulfonamides is 1. The van der Waals surface area contributed by atoms with Crippen LogP contribution in [-0.4, -0.2) is 48.1 Å². The highest BCUT2D eigenvalue weighted by molar-refractivity contribution is 7.98. The van der Waals surface area contributed by atoms with Gasteiger partial charge in [0.2, 0.25) is 15.9 Å². The highest BCUT2D eigenvalue weighted by Crippen LogP contribution is 2.20. The number of carbonyl (C=O) groups excluding carboxylic acids is 1. The van der Waals surface area contributed by atoms with Crippen molar-refractivity contribution in [3.63, 3.8) is 0 Å². The van der Waals surface area contributed by atoms with Gasteiger partial charge in [-0.2, -0.15) is 16.5 Å². The molecule has 0 spiro atoms. The third-order valence-electron chi connectivity index (χ3n) is 6.10. The number of thioether (sulfide) groups is 1. The fourth-order valence-electron chi connectivity index (χ4n) is 4.08. The van der Waals surface area contributed by atoms with Crippen molar-refractivity contribution < 1.29 is 13.2 Å². The molecule has 1 aliphatic rings. The summed E-state index contributed by atoms with van der Waals surface area (Å²) < 4.78 is 31.0. The molecule has 2 N–H and O–H groups in total. The molecule has 11 heteroatoms. The van der Waals surface area contributed by atoms with Gasteiger partial charge < -0.3 is 5.32 Å². The van der Waals surface area contributed by atoms with Crippen LogP contribution < -0.4 is 21.3 Å². The summed E-state index contributed by atoms with van der Waals surface area (Å²) in [4.78, 5) is 37.4. The first-order valence-electron chi connectivity index (χ1n) is 11.3. The number of carbonyl (C=O) groups is 1. The van der Waals surface area contributed by atoms with E-state index in [9.17, 15) is 22.8 Å². The van der Waals surface area contributed by atoms with Gasteiger partial charge in [0.05, 0.1) is 15.8 Å². The third kappa shape index (κ3) is 6.00. The molecular weight excluding hydrogens is 476 g/mol. The van der Waals surface area contributed by atoms with Crippen molar-refractivity contribution in [3.05, 3.63) is 50.7 Å². The molecule has 3 rings (SSSR count). The number of allylic oxidation sites excluding steroid dienone is 1. The Morgan fingerprint density at radius 1 is 1.18 bits per heavy atom. The number of hydrogen-bond donors (Lipinski definition) is 2. The van der Waals surface area contributed by atoms with E-state index in [0.29, 0.717) is 24.2 Å². The average molecular weight is 509 g/mol. The van der Waals surface area contributed by atoms with Crippen molar-refractivity contribution in [1.82, 2.24) is 19.2 Å². The van der Waals surface area contributed by atoms with Crippen LogP contribution >= 0.6 is 11.8 Å². The molecule has 1 amide bonds. The second kappa shape index (κ2) is 11.4. The zero-order valence-electron chi connectivity index (χ0n) is 19.8. The molecule has 1 aromatic carbocycles. The topological polar surface area (TPSA) is 119 Å². The van der Waals surface area contributed by atoms with E-state index in [4.69, 9.17) is 0 Å². The van der Waals surface area contributed by atoms with E-state index in [1.807, 2.05) is 6.26 Å². The van der Waals surface area contributed by atoms with Gasteiger partial charge in [0, 0.05) is 20.6 Å². The number of hydrogen-bond acceptors (Lipinski definition) is 6. The summed E-state index contributed by atoms with van der Waals surface area (Å²) in [5.74, 6) is 0.236. The number of nitrogens with zero attached hydrogens (tertiary/aromatic N) is 2. The number of benzene rings is 1. The van der Waals surface area contributed by atoms with Gasteiger partial charge in [-0.1, -0.05) is 11.6 Å². The highest BCUT2D eigenvalue weighted by Gasteiger charge is 2.26. The van der Waals surface area contributed by atoms with Crippen LogP contribution in [-0.2, 0) is 28.9 Å². The van der Waals surface area contributed by atoms with Gasteiger partial charge in [-0.3, -0.25) is 18.7 Å². The molecule has 0 radical (unpaired) electrons. The van der Waals surface area contributed by atoms with Crippen LogP contribution in [0, 0.1) is 0 Å². The van der Waals surface area contributed by atoms with E-state index in [2.05, 4.69) is 16.1 Å². The lowest BCUT2D eigenvalue weighted by atomic mass is 9.97. The van der Waals surface area contributed by atoms with Crippen molar-refractivity contribution in [2.45, 2.75) is 49.5 Å². The maximum Gasteiger partial charge on any atom is 0.330 e. The molecule has 0 fully saturated rings. The first-order chi connectivity index (χ1) is 16.2. The molecule has 0 bridgehead atoms. The summed E-state index contributed by atoms with van der Waals surface area (Å²) in [6, 6.07) is 3.08. The number of aryl methyl sites for hydroxylation is 1. The Morgan fingerprint density at radius 2 is 1.94 bits per heavy atom. The molecule has 186 valence electrons. The van der Waals surface area contributed by atoms with Gasteiger partial charge in [0.1, 0.15) is 6.04 Å². The minimum Gasteiger partial charge on any atom is -0.354 e. The Hall–Kier alpha value is -2.37. The summed E-state index contributed by atoms with van der Waals surface area (Å²) in [5.41, 5.74) is 0.591. The molecule has 1 atom stereocenters. The number of fused-ring (bicyclic) bond motifs is 1. The van der Waals surface area contributed by atoms with Crippen molar-refractivity contribution in [3.8, 4) is 0 Å². The van der Waals surface area contributed by atoms with Crippen LogP contribution in [0.2, 0.25) is 0 Å². The van der Waals surface area contributed by atoms with E-state index < -0.39 is 27.3 Å². The van der Waals surface area contributed by atoms with Crippen LogP contribution in [0.3, 0.4) is 0 Å². The van der Waals surface area contributed by atoms with Crippen LogP contribution in [0.1, 0.15) is 38.5 Å². The van der Waals surface area contributed by atoms with Crippen LogP contribution in [0.4, 0.5) is 0 Å². The number of aromatic nitrogens is 2. The summed E-state index contributed by atoms with van der Waals surface area (Å²) in [6.45, 7) is 0.461. The minimum absolute atomic E-state index is 0.110. The van der Waals surface area contributed by atoms with Crippen LogP contribution in [0.5, 0.6) is 0 Å². The Labute approximate surface area is 203 Å². The van der Waals surface area contributed by atoms with E-state index in [-0.39, 0.29) is 16.2 Å². The quantitative estimate of drug-likeness (QED) is 0.471. The molecule has 2 aromatic rings. The lowest BCUT2D eigenvalue weighted by molar-refractivity contribution is -0.122. The Kier molecular flexibility index (Phi) is 8.78. The number of nitrogens with one attached hydrogen (secondary N) is 2. The molecule has 9 nitrogen and oxygen atoms in total. The average Bonchev–Trinajstić information content (AvgIpc) is 2.84. The zero-order valence-corrected chi connectivity index (χ0v) is 21.4. The summed E-state index contributed by atoms with van der Waals surface area (Å²) in [5, 5.41) is 2.98. The summed E-state index contributed by atoms with van der Waals surface area (Å²) in [7, 11) is -1.23. The molecule has 1 aliphatic carbocycles. The maximum absolute atomic E-state index is 13.1. The van der Waals surface area contributed by atoms with Gasteiger partial charge in [-0.15, -0.1) is 0 Å². The Balaban J connectivity index is 1.80. The summed E-state index contributed by atoms with van der Waals surface area (Å²) >= 11 is 1.52. The standard InChI is InChI=1S/C23H32N4O5S2/c1-26-20-10-9-17(15-18(20)22(29)27(2)23(26)30)34(31,32)25-19(12-14-33-3)21(28)24-13-11-16-7-5-4-6-8-16/h7,9-10,15,19,25H,4-6,8,11-14H2,1-3H3,(H,24,28)/t19-/m1/s1. The van der Waals surface area contributed by atoms with Gasteiger partial charge in [0.15, 0.2) is 0 Å². The molecule has 0 saturated heterocycles. The maximum atomic E-state index is 13.1. The van der Waals surface area contributed by atoms with Gasteiger partial charge in [0.25, 0.3) is 5.56 Å². The molecular formula is C23H32N4O5S2. The molecule has 0 saturated carbocycles. The monoisotopic (exact) mass is 508 g/mol. The SMILES string of the molecule is CSCC[C@@H](NS(=O)(=O)c1ccc2c(c1)c(=O)n(C)c(=O)n2C)C(=O)NCCC1=CCCCC1. The van der Waals surface area contributed by atoms with E-state index in [1.165, 1.54) is 67.0 Å². The van der Waals surface area contributed by atoms with Crippen molar-refractivity contribution in [2.24, 2.45) is 14.1 Å². The molecule has 0 unspecified atom stereocenters.